The van der Waals surface area contributed by atoms with Gasteiger partial charge in [-0.15, -0.1) is 0 Å². The van der Waals surface area contributed by atoms with E-state index in [9.17, 15) is 26.7 Å². The normalized spacial score (nSPS) is 19.1. The fourth-order valence-electron chi connectivity index (χ4n) is 4.40. The van der Waals surface area contributed by atoms with Crippen LogP contribution in [0.25, 0.3) is 0 Å². The van der Waals surface area contributed by atoms with Gasteiger partial charge in [-0.1, -0.05) is 44.7 Å². The molecule has 2 nitrogen and oxygen atoms in total. The summed E-state index contributed by atoms with van der Waals surface area (Å²) < 4.78 is 70.2. The summed E-state index contributed by atoms with van der Waals surface area (Å²) in [4.78, 5) is 12.3. The van der Waals surface area contributed by atoms with Gasteiger partial charge < -0.3 is 4.74 Å². The molecule has 0 saturated heterocycles. The van der Waals surface area contributed by atoms with Crippen molar-refractivity contribution in [3.63, 3.8) is 0 Å². The van der Waals surface area contributed by atoms with Gasteiger partial charge in [0.25, 0.3) is 0 Å². The number of ether oxygens (including phenoxy) is 1. The molecule has 0 aliphatic heterocycles. The lowest BCUT2D eigenvalue weighted by atomic mass is 9.77. The Morgan fingerprint density at radius 2 is 1.56 bits per heavy atom. The first-order valence-corrected chi connectivity index (χ1v) is 11.1. The van der Waals surface area contributed by atoms with E-state index in [1.54, 1.807) is 12.1 Å². The van der Waals surface area contributed by atoms with Crippen LogP contribution in [-0.2, 0) is 6.18 Å². The quantitative estimate of drug-likeness (QED) is 0.183. The molecule has 0 atom stereocenters. The number of benzene rings is 2. The standard InChI is InChI=1S/C25H27F5O2/c1-2-3-4-5-16-6-8-17(9-7-16)18-10-12-19(13-11-18)24(31)32-20-14-21(26)23(22(27)15-20)25(28,29)30/h10-17H,2-9H2,1H3. The molecule has 1 fully saturated rings. The first kappa shape index (κ1) is 24.2. The Balaban J connectivity index is 1.59. The molecular weight excluding hydrogens is 427 g/mol. The minimum atomic E-state index is -5.18. The van der Waals surface area contributed by atoms with Gasteiger partial charge in [-0.3, -0.25) is 0 Å². The van der Waals surface area contributed by atoms with Crippen molar-refractivity contribution in [1.29, 1.82) is 0 Å². The topological polar surface area (TPSA) is 26.3 Å². The third-order valence-electron chi connectivity index (χ3n) is 6.19. The van der Waals surface area contributed by atoms with E-state index in [1.807, 2.05) is 12.1 Å². The van der Waals surface area contributed by atoms with E-state index in [0.717, 1.165) is 24.3 Å². The molecule has 0 radical (unpaired) electrons. The summed E-state index contributed by atoms with van der Waals surface area (Å²) in [5.74, 6) is -3.96. The SMILES string of the molecule is CCCCCC1CCC(c2ccc(C(=O)Oc3cc(F)c(C(F)(F)F)c(F)c3)cc2)CC1. The molecule has 0 amide bonds. The lowest BCUT2D eigenvalue weighted by molar-refractivity contribution is -0.142. The lowest BCUT2D eigenvalue weighted by Gasteiger charge is -2.29. The van der Waals surface area contributed by atoms with Gasteiger partial charge in [-0.25, -0.2) is 13.6 Å². The summed E-state index contributed by atoms with van der Waals surface area (Å²) >= 11 is 0. The Bertz CT molecular complexity index is 890. The van der Waals surface area contributed by atoms with Crippen LogP contribution in [0.2, 0.25) is 0 Å². The molecule has 174 valence electrons. The second-order valence-electron chi connectivity index (χ2n) is 8.48. The van der Waals surface area contributed by atoms with E-state index < -0.39 is 35.1 Å². The van der Waals surface area contributed by atoms with Gasteiger partial charge in [0.15, 0.2) is 0 Å². The molecule has 0 N–H and O–H groups in total. The van der Waals surface area contributed by atoms with Crippen molar-refractivity contribution in [3.05, 3.63) is 64.7 Å². The Labute approximate surface area is 184 Å². The largest absolute Gasteiger partial charge is 0.423 e. The van der Waals surface area contributed by atoms with Crippen LogP contribution in [0.4, 0.5) is 22.0 Å². The third-order valence-corrected chi connectivity index (χ3v) is 6.19. The van der Waals surface area contributed by atoms with E-state index in [0.29, 0.717) is 18.1 Å². The highest BCUT2D eigenvalue weighted by Gasteiger charge is 2.38. The molecular formula is C25H27F5O2. The molecule has 2 aromatic carbocycles. The zero-order valence-electron chi connectivity index (χ0n) is 18.0. The fraction of sp³-hybridized carbons (Fsp3) is 0.480. The molecule has 0 aromatic heterocycles. The summed E-state index contributed by atoms with van der Waals surface area (Å²) in [6.45, 7) is 2.20. The van der Waals surface area contributed by atoms with E-state index in [4.69, 9.17) is 4.74 Å². The molecule has 2 aromatic rings. The molecule has 1 aliphatic carbocycles. The van der Waals surface area contributed by atoms with Gasteiger partial charge in [0.05, 0.1) is 5.56 Å². The van der Waals surface area contributed by atoms with E-state index in [2.05, 4.69) is 6.92 Å². The zero-order chi connectivity index (χ0) is 23.3. The van der Waals surface area contributed by atoms with Gasteiger partial charge in [0, 0.05) is 12.1 Å². The second-order valence-corrected chi connectivity index (χ2v) is 8.48. The van der Waals surface area contributed by atoms with Crippen LogP contribution in [0.15, 0.2) is 36.4 Å². The average Bonchev–Trinajstić information content (AvgIpc) is 2.73. The maximum absolute atomic E-state index is 13.7. The smallest absolute Gasteiger partial charge is 0.422 e. The van der Waals surface area contributed by atoms with Crippen LogP contribution >= 0.6 is 0 Å². The van der Waals surface area contributed by atoms with Crippen molar-refractivity contribution in [3.8, 4) is 5.75 Å². The lowest BCUT2D eigenvalue weighted by Crippen LogP contribution is -2.14. The molecule has 3 rings (SSSR count). The van der Waals surface area contributed by atoms with Crippen LogP contribution in [0.5, 0.6) is 5.75 Å². The summed E-state index contributed by atoms with van der Waals surface area (Å²) in [7, 11) is 0. The summed E-state index contributed by atoms with van der Waals surface area (Å²) in [6, 6.07) is 7.54. The number of carbonyl (C=O) groups excluding carboxylic acids is 1. The summed E-state index contributed by atoms with van der Waals surface area (Å²) in [6.07, 6.45) is 4.50. The fourth-order valence-corrected chi connectivity index (χ4v) is 4.40. The van der Waals surface area contributed by atoms with Crippen molar-refractivity contribution >= 4 is 5.97 Å². The number of halogens is 5. The number of hydrogen-bond acceptors (Lipinski definition) is 2. The van der Waals surface area contributed by atoms with Gasteiger partial charge in [-0.05, 0) is 55.2 Å². The molecule has 32 heavy (non-hydrogen) atoms. The van der Waals surface area contributed by atoms with E-state index in [1.165, 1.54) is 38.5 Å². The highest BCUT2D eigenvalue weighted by atomic mass is 19.4. The summed E-state index contributed by atoms with van der Waals surface area (Å²) in [5, 5.41) is 0. The first-order valence-electron chi connectivity index (χ1n) is 11.1. The van der Waals surface area contributed by atoms with Crippen molar-refractivity contribution in [2.75, 3.05) is 0 Å². The monoisotopic (exact) mass is 454 g/mol. The van der Waals surface area contributed by atoms with E-state index in [-0.39, 0.29) is 5.56 Å². The van der Waals surface area contributed by atoms with Crippen molar-refractivity contribution in [1.82, 2.24) is 0 Å². The highest BCUT2D eigenvalue weighted by molar-refractivity contribution is 5.91. The predicted octanol–water partition coefficient (Wildman–Crippen LogP) is 8.06. The maximum Gasteiger partial charge on any atom is 0.422 e. The van der Waals surface area contributed by atoms with Crippen LogP contribution in [0.3, 0.4) is 0 Å². The number of esters is 1. The third kappa shape index (κ3) is 6.08. The number of unbranched alkanes of at least 4 members (excludes halogenated alkanes) is 2. The molecule has 0 spiro atoms. The average molecular weight is 454 g/mol. The minimum absolute atomic E-state index is 0.155. The molecule has 1 saturated carbocycles. The minimum Gasteiger partial charge on any atom is -0.423 e. The van der Waals surface area contributed by atoms with Crippen molar-refractivity contribution in [2.45, 2.75) is 70.4 Å². The Kier molecular flexibility index (Phi) is 7.91. The van der Waals surface area contributed by atoms with Gasteiger partial charge in [-0.2, -0.15) is 13.2 Å². The van der Waals surface area contributed by atoms with Crippen molar-refractivity contribution in [2.24, 2.45) is 5.92 Å². The Hall–Kier alpha value is -2.44. The highest BCUT2D eigenvalue weighted by Crippen LogP contribution is 2.38. The van der Waals surface area contributed by atoms with Gasteiger partial charge in [0.1, 0.15) is 22.9 Å². The van der Waals surface area contributed by atoms with Gasteiger partial charge in [0.2, 0.25) is 0 Å². The number of carbonyl (C=O) groups is 1. The molecule has 0 bridgehead atoms. The second kappa shape index (κ2) is 10.5. The first-order chi connectivity index (χ1) is 15.2. The maximum atomic E-state index is 13.7. The number of hydrogen-bond donors (Lipinski definition) is 0. The Morgan fingerprint density at radius 1 is 0.969 bits per heavy atom. The number of alkyl halides is 3. The van der Waals surface area contributed by atoms with Crippen LogP contribution < -0.4 is 4.74 Å². The van der Waals surface area contributed by atoms with Crippen LogP contribution in [-0.4, -0.2) is 5.97 Å². The molecule has 7 heteroatoms. The van der Waals surface area contributed by atoms with Crippen LogP contribution in [0, 0.1) is 17.6 Å². The van der Waals surface area contributed by atoms with E-state index >= 15 is 0 Å². The Morgan fingerprint density at radius 3 is 2.09 bits per heavy atom. The van der Waals surface area contributed by atoms with Crippen LogP contribution in [0.1, 0.15) is 85.7 Å². The summed E-state index contributed by atoms with van der Waals surface area (Å²) in [5.41, 5.74) is -0.732. The zero-order valence-corrected chi connectivity index (χ0v) is 18.0. The van der Waals surface area contributed by atoms with Crippen molar-refractivity contribution < 1.29 is 31.5 Å². The van der Waals surface area contributed by atoms with Gasteiger partial charge >= 0.3 is 12.1 Å². The molecule has 1 aliphatic rings. The molecule has 0 unspecified atom stereocenters. The molecule has 0 heterocycles. The predicted molar refractivity (Wildman–Crippen MR) is 112 cm³/mol. The number of rotatable bonds is 7.